The summed E-state index contributed by atoms with van der Waals surface area (Å²) in [5, 5.41) is 2.89. The number of fused-ring (bicyclic) bond motifs is 1. The Morgan fingerprint density at radius 2 is 1.81 bits per heavy atom. The van der Waals surface area contributed by atoms with E-state index in [4.69, 9.17) is 0 Å². The van der Waals surface area contributed by atoms with Crippen molar-refractivity contribution in [3.05, 3.63) is 35.4 Å². The number of aryl methyl sites for hydroxylation is 1. The highest BCUT2D eigenvalue weighted by Gasteiger charge is 2.44. The molecular weight excluding hydrogens is 264 g/mol. The van der Waals surface area contributed by atoms with Crippen molar-refractivity contribution >= 4 is 11.8 Å². The van der Waals surface area contributed by atoms with E-state index in [1.54, 1.807) is 0 Å². The molecule has 0 aromatic heterocycles. The van der Waals surface area contributed by atoms with Gasteiger partial charge >= 0.3 is 0 Å². The molecule has 2 fully saturated rings. The lowest BCUT2D eigenvalue weighted by Crippen LogP contribution is -2.62. The van der Waals surface area contributed by atoms with Gasteiger partial charge < -0.3 is 10.2 Å². The molecule has 2 aliphatic carbocycles. The maximum atomic E-state index is 12.7. The Morgan fingerprint density at radius 3 is 2.57 bits per heavy atom. The average molecular weight is 284 g/mol. The second kappa shape index (κ2) is 4.86. The molecule has 21 heavy (non-hydrogen) atoms. The van der Waals surface area contributed by atoms with E-state index in [0.29, 0.717) is 5.92 Å². The van der Waals surface area contributed by atoms with Gasteiger partial charge in [-0.05, 0) is 49.1 Å². The minimum atomic E-state index is -0.261. The maximum Gasteiger partial charge on any atom is 0.246 e. The number of benzene rings is 1. The first-order valence-electron chi connectivity index (χ1n) is 7.89. The second-order valence-corrected chi connectivity index (χ2v) is 6.51. The Hall–Kier alpha value is -1.84. The van der Waals surface area contributed by atoms with Crippen LogP contribution in [0.25, 0.3) is 0 Å². The number of rotatable bonds is 2. The molecule has 3 aliphatic rings. The van der Waals surface area contributed by atoms with Gasteiger partial charge in [-0.1, -0.05) is 24.3 Å². The Kier molecular flexibility index (Phi) is 2.98. The van der Waals surface area contributed by atoms with Gasteiger partial charge in [-0.3, -0.25) is 9.59 Å². The number of carbonyl (C=O) groups is 2. The van der Waals surface area contributed by atoms with Crippen LogP contribution in [0.4, 0.5) is 0 Å². The molecular formula is C17H20N2O2. The van der Waals surface area contributed by atoms with Gasteiger partial charge in [-0.15, -0.1) is 0 Å². The van der Waals surface area contributed by atoms with Crippen molar-refractivity contribution in [3.63, 3.8) is 0 Å². The molecule has 0 spiro atoms. The summed E-state index contributed by atoms with van der Waals surface area (Å²) in [4.78, 5) is 26.5. The SMILES string of the molecule is O=C1CN(C2CCc3ccccc3C2)C(=O)C(C2CC2)N1. The van der Waals surface area contributed by atoms with E-state index in [2.05, 4.69) is 29.6 Å². The number of hydrogen-bond acceptors (Lipinski definition) is 2. The Labute approximate surface area is 124 Å². The molecule has 2 unspecified atom stereocenters. The lowest BCUT2D eigenvalue weighted by atomic mass is 9.87. The monoisotopic (exact) mass is 284 g/mol. The first kappa shape index (κ1) is 12.9. The van der Waals surface area contributed by atoms with Crippen LogP contribution >= 0.6 is 0 Å². The van der Waals surface area contributed by atoms with Crippen LogP contribution in [-0.4, -0.2) is 35.3 Å². The number of nitrogens with one attached hydrogen (secondary N) is 1. The van der Waals surface area contributed by atoms with E-state index in [1.165, 1.54) is 11.1 Å². The van der Waals surface area contributed by atoms with Gasteiger partial charge in [-0.2, -0.15) is 0 Å². The fourth-order valence-electron chi connectivity index (χ4n) is 3.69. The predicted molar refractivity (Wildman–Crippen MR) is 78.6 cm³/mol. The molecule has 2 atom stereocenters. The lowest BCUT2D eigenvalue weighted by Gasteiger charge is -2.40. The van der Waals surface area contributed by atoms with Crippen LogP contribution in [0.1, 0.15) is 30.4 Å². The van der Waals surface area contributed by atoms with Crippen LogP contribution in [0.3, 0.4) is 0 Å². The van der Waals surface area contributed by atoms with E-state index in [9.17, 15) is 9.59 Å². The summed E-state index contributed by atoms with van der Waals surface area (Å²) in [5.74, 6) is 0.520. The van der Waals surface area contributed by atoms with Gasteiger partial charge in [0.2, 0.25) is 11.8 Å². The van der Waals surface area contributed by atoms with Crippen LogP contribution in [0.2, 0.25) is 0 Å². The van der Waals surface area contributed by atoms with Gasteiger partial charge in [0, 0.05) is 6.04 Å². The third-order valence-electron chi connectivity index (χ3n) is 5.03. The molecule has 4 rings (SSSR count). The molecule has 1 aliphatic heterocycles. The van der Waals surface area contributed by atoms with Crippen LogP contribution in [0.15, 0.2) is 24.3 Å². The van der Waals surface area contributed by atoms with Gasteiger partial charge in [0.15, 0.2) is 0 Å². The summed E-state index contributed by atoms with van der Waals surface area (Å²) in [6.45, 7) is 0.231. The second-order valence-electron chi connectivity index (χ2n) is 6.51. The minimum absolute atomic E-state index is 0.00496. The smallest absolute Gasteiger partial charge is 0.246 e. The predicted octanol–water partition coefficient (Wildman–Crippen LogP) is 1.28. The number of hydrogen-bond donors (Lipinski definition) is 1. The molecule has 1 aromatic rings. The largest absolute Gasteiger partial charge is 0.342 e. The summed E-state index contributed by atoms with van der Waals surface area (Å²) in [6, 6.07) is 8.36. The summed E-state index contributed by atoms with van der Waals surface area (Å²) < 4.78 is 0. The number of amides is 2. The van der Waals surface area contributed by atoms with E-state index >= 15 is 0 Å². The van der Waals surface area contributed by atoms with Crippen molar-refractivity contribution in [1.82, 2.24) is 10.2 Å². The Balaban J connectivity index is 1.55. The average Bonchev–Trinajstić information content (AvgIpc) is 3.33. The van der Waals surface area contributed by atoms with Crippen molar-refractivity contribution in [1.29, 1.82) is 0 Å². The van der Waals surface area contributed by atoms with Gasteiger partial charge in [0.05, 0.1) is 6.54 Å². The van der Waals surface area contributed by atoms with Crippen LogP contribution in [0, 0.1) is 5.92 Å². The number of nitrogens with zero attached hydrogens (tertiary/aromatic N) is 1. The zero-order chi connectivity index (χ0) is 14.4. The minimum Gasteiger partial charge on any atom is -0.342 e. The molecule has 1 aromatic carbocycles. The molecule has 1 heterocycles. The first-order valence-corrected chi connectivity index (χ1v) is 7.89. The summed E-state index contributed by atoms with van der Waals surface area (Å²) >= 11 is 0. The molecule has 4 nitrogen and oxygen atoms in total. The van der Waals surface area contributed by atoms with E-state index in [-0.39, 0.29) is 30.4 Å². The highest BCUT2D eigenvalue weighted by molar-refractivity contribution is 5.95. The third kappa shape index (κ3) is 2.33. The maximum absolute atomic E-state index is 12.7. The number of piperazine rings is 1. The highest BCUT2D eigenvalue weighted by atomic mass is 16.2. The lowest BCUT2D eigenvalue weighted by molar-refractivity contribution is -0.147. The highest BCUT2D eigenvalue weighted by Crippen LogP contribution is 2.35. The molecule has 1 saturated heterocycles. The third-order valence-corrected chi connectivity index (χ3v) is 5.03. The summed E-state index contributed by atoms with van der Waals surface area (Å²) in [5.41, 5.74) is 2.72. The Morgan fingerprint density at radius 1 is 1.05 bits per heavy atom. The van der Waals surface area contributed by atoms with Crippen molar-refractivity contribution in [2.75, 3.05) is 6.54 Å². The molecule has 0 bridgehead atoms. The normalized spacial score (nSPS) is 29.0. The zero-order valence-electron chi connectivity index (χ0n) is 12.0. The van der Waals surface area contributed by atoms with Crippen LogP contribution in [0.5, 0.6) is 0 Å². The van der Waals surface area contributed by atoms with Gasteiger partial charge in [0.1, 0.15) is 6.04 Å². The fraction of sp³-hybridized carbons (Fsp3) is 0.529. The standard InChI is InChI=1S/C17H20N2O2/c20-15-10-19(17(21)16(18-15)12-5-6-12)14-8-7-11-3-1-2-4-13(11)9-14/h1-4,12,14,16H,5-10H2,(H,18,20). The van der Waals surface area contributed by atoms with Crippen molar-refractivity contribution in [2.45, 2.75) is 44.2 Å². The molecule has 1 saturated carbocycles. The fourth-order valence-corrected chi connectivity index (χ4v) is 3.69. The molecule has 1 N–H and O–H groups in total. The Bertz CT molecular complexity index is 594. The topological polar surface area (TPSA) is 49.4 Å². The molecule has 4 heteroatoms. The van der Waals surface area contributed by atoms with Crippen LogP contribution < -0.4 is 5.32 Å². The van der Waals surface area contributed by atoms with E-state index in [1.807, 2.05) is 4.90 Å². The van der Waals surface area contributed by atoms with Crippen molar-refractivity contribution in [3.8, 4) is 0 Å². The summed E-state index contributed by atoms with van der Waals surface area (Å²) in [7, 11) is 0. The summed E-state index contributed by atoms with van der Waals surface area (Å²) in [6.07, 6.45) is 4.98. The van der Waals surface area contributed by atoms with Gasteiger partial charge in [0.25, 0.3) is 0 Å². The first-order chi connectivity index (χ1) is 10.2. The molecule has 2 amide bonds. The molecule has 110 valence electrons. The molecule has 0 radical (unpaired) electrons. The van der Waals surface area contributed by atoms with Gasteiger partial charge in [-0.25, -0.2) is 0 Å². The van der Waals surface area contributed by atoms with Crippen molar-refractivity contribution < 1.29 is 9.59 Å². The number of carbonyl (C=O) groups excluding carboxylic acids is 2. The van der Waals surface area contributed by atoms with E-state index in [0.717, 1.165) is 32.1 Å². The van der Waals surface area contributed by atoms with Crippen molar-refractivity contribution in [2.24, 2.45) is 5.92 Å². The van der Waals surface area contributed by atoms with E-state index < -0.39 is 0 Å². The zero-order valence-corrected chi connectivity index (χ0v) is 12.0. The quantitative estimate of drug-likeness (QED) is 0.889. The van der Waals surface area contributed by atoms with Crippen LogP contribution in [-0.2, 0) is 22.4 Å².